The first-order valence-electron chi connectivity index (χ1n) is 6.38. The Balaban J connectivity index is 2.08. The van der Waals surface area contributed by atoms with Crippen LogP contribution in [0.2, 0.25) is 0 Å². The lowest BCUT2D eigenvalue weighted by Crippen LogP contribution is -2.35. The van der Waals surface area contributed by atoms with Crippen LogP contribution in [-0.4, -0.2) is 38.1 Å². The topological polar surface area (TPSA) is 63.4 Å². The molecule has 2 N–H and O–H groups in total. The second-order valence-corrected chi connectivity index (χ2v) is 6.71. The van der Waals surface area contributed by atoms with Crippen molar-refractivity contribution in [1.82, 2.24) is 4.31 Å². The molecule has 0 aliphatic carbocycles. The largest absolute Gasteiger partial charge is 0.330 e. The minimum atomic E-state index is -3.13. The fourth-order valence-electron chi connectivity index (χ4n) is 2.32. The van der Waals surface area contributed by atoms with Gasteiger partial charge in [0, 0.05) is 13.1 Å². The minimum absolute atomic E-state index is 0.167. The summed E-state index contributed by atoms with van der Waals surface area (Å²) in [4.78, 5) is 0. The van der Waals surface area contributed by atoms with E-state index >= 15 is 0 Å². The Morgan fingerprint density at radius 2 is 1.67 bits per heavy atom. The maximum absolute atomic E-state index is 12.1. The Labute approximate surface area is 109 Å². The zero-order valence-electron chi connectivity index (χ0n) is 10.5. The number of benzene rings is 1. The van der Waals surface area contributed by atoms with Crippen molar-refractivity contribution in [2.75, 3.05) is 25.4 Å². The van der Waals surface area contributed by atoms with Crippen LogP contribution in [0.15, 0.2) is 24.3 Å². The minimum Gasteiger partial charge on any atom is -0.330 e. The van der Waals surface area contributed by atoms with Gasteiger partial charge in [0.05, 0.1) is 5.75 Å². The summed E-state index contributed by atoms with van der Waals surface area (Å²) in [5, 5.41) is 0. The average Bonchev–Trinajstić information content (AvgIpc) is 2.59. The highest BCUT2D eigenvalue weighted by molar-refractivity contribution is 7.89. The molecule has 1 aromatic rings. The highest BCUT2D eigenvalue weighted by atomic mass is 32.2. The SMILES string of the molecule is NCCCS(=O)(=O)N1CCc2ccccc2CC1. The molecule has 1 aliphatic rings. The zero-order chi connectivity index (χ0) is 13.0. The summed E-state index contributed by atoms with van der Waals surface area (Å²) in [5.74, 6) is 0.167. The molecule has 1 heterocycles. The molecule has 0 spiro atoms. The van der Waals surface area contributed by atoms with Crippen LogP contribution in [0.1, 0.15) is 17.5 Å². The number of nitrogens with zero attached hydrogens (tertiary/aromatic N) is 1. The molecule has 0 bridgehead atoms. The third-order valence-corrected chi connectivity index (χ3v) is 5.34. The number of fused-ring (bicyclic) bond motifs is 1. The molecule has 0 atom stereocenters. The number of nitrogens with two attached hydrogens (primary N) is 1. The molecule has 0 radical (unpaired) electrons. The Kier molecular flexibility index (Phi) is 4.37. The van der Waals surface area contributed by atoms with E-state index in [0.717, 1.165) is 12.8 Å². The van der Waals surface area contributed by atoms with Crippen LogP contribution in [0, 0.1) is 0 Å². The summed E-state index contributed by atoms with van der Waals surface area (Å²) in [6, 6.07) is 8.20. The Morgan fingerprint density at radius 3 is 2.17 bits per heavy atom. The molecule has 0 aromatic heterocycles. The summed E-state index contributed by atoms with van der Waals surface area (Å²) in [6.07, 6.45) is 2.14. The molecule has 18 heavy (non-hydrogen) atoms. The van der Waals surface area contributed by atoms with Gasteiger partial charge in [0.1, 0.15) is 0 Å². The van der Waals surface area contributed by atoms with E-state index in [2.05, 4.69) is 12.1 Å². The van der Waals surface area contributed by atoms with Crippen LogP contribution in [0.25, 0.3) is 0 Å². The first kappa shape index (κ1) is 13.5. The molecule has 0 amide bonds. The van der Waals surface area contributed by atoms with E-state index in [0.29, 0.717) is 26.1 Å². The third kappa shape index (κ3) is 3.10. The zero-order valence-corrected chi connectivity index (χ0v) is 11.3. The second-order valence-electron chi connectivity index (χ2n) is 4.63. The Hall–Kier alpha value is -0.910. The molecule has 0 saturated carbocycles. The molecule has 0 unspecified atom stereocenters. The van der Waals surface area contributed by atoms with Gasteiger partial charge in [-0.05, 0) is 36.9 Å². The van der Waals surface area contributed by atoms with E-state index in [1.165, 1.54) is 11.1 Å². The smallest absolute Gasteiger partial charge is 0.214 e. The van der Waals surface area contributed by atoms with Crippen LogP contribution >= 0.6 is 0 Å². The number of hydrogen-bond donors (Lipinski definition) is 1. The second kappa shape index (κ2) is 5.82. The van der Waals surface area contributed by atoms with Gasteiger partial charge in [0.25, 0.3) is 0 Å². The quantitative estimate of drug-likeness (QED) is 0.877. The summed E-state index contributed by atoms with van der Waals surface area (Å²) < 4.78 is 25.9. The molecule has 0 saturated heterocycles. The van der Waals surface area contributed by atoms with Gasteiger partial charge in [-0.15, -0.1) is 0 Å². The lowest BCUT2D eigenvalue weighted by molar-refractivity contribution is 0.426. The molecule has 4 nitrogen and oxygen atoms in total. The lowest BCUT2D eigenvalue weighted by Gasteiger charge is -2.19. The van der Waals surface area contributed by atoms with Crippen molar-refractivity contribution < 1.29 is 8.42 Å². The van der Waals surface area contributed by atoms with Gasteiger partial charge in [0.15, 0.2) is 0 Å². The van der Waals surface area contributed by atoms with Gasteiger partial charge in [-0.2, -0.15) is 0 Å². The van der Waals surface area contributed by atoms with Crippen molar-refractivity contribution in [3.05, 3.63) is 35.4 Å². The van der Waals surface area contributed by atoms with Gasteiger partial charge in [0.2, 0.25) is 10.0 Å². The highest BCUT2D eigenvalue weighted by Gasteiger charge is 2.23. The van der Waals surface area contributed by atoms with Gasteiger partial charge in [-0.1, -0.05) is 24.3 Å². The third-order valence-electron chi connectivity index (χ3n) is 3.38. The van der Waals surface area contributed by atoms with E-state index in [-0.39, 0.29) is 5.75 Å². The first-order valence-corrected chi connectivity index (χ1v) is 7.99. The van der Waals surface area contributed by atoms with Crippen molar-refractivity contribution in [2.24, 2.45) is 5.73 Å². The Morgan fingerprint density at radius 1 is 1.11 bits per heavy atom. The molecule has 1 aromatic carbocycles. The van der Waals surface area contributed by atoms with E-state index in [1.54, 1.807) is 4.31 Å². The first-order chi connectivity index (χ1) is 8.63. The van der Waals surface area contributed by atoms with Gasteiger partial charge in [-0.3, -0.25) is 0 Å². The summed E-state index contributed by atoms with van der Waals surface area (Å²) in [6.45, 7) is 1.60. The van der Waals surface area contributed by atoms with Crippen molar-refractivity contribution in [2.45, 2.75) is 19.3 Å². The van der Waals surface area contributed by atoms with Crippen LogP contribution in [0.3, 0.4) is 0 Å². The van der Waals surface area contributed by atoms with Crippen LogP contribution in [0.4, 0.5) is 0 Å². The molecular weight excluding hydrogens is 248 g/mol. The molecule has 2 rings (SSSR count). The van der Waals surface area contributed by atoms with E-state index in [9.17, 15) is 8.42 Å². The van der Waals surface area contributed by atoms with Crippen molar-refractivity contribution in [1.29, 1.82) is 0 Å². The van der Waals surface area contributed by atoms with Crippen molar-refractivity contribution in [3.63, 3.8) is 0 Å². The summed E-state index contributed by atoms with van der Waals surface area (Å²) in [7, 11) is -3.13. The number of hydrogen-bond acceptors (Lipinski definition) is 3. The van der Waals surface area contributed by atoms with Crippen molar-refractivity contribution >= 4 is 10.0 Å². The fraction of sp³-hybridized carbons (Fsp3) is 0.538. The standard InChI is InChI=1S/C13H20N2O2S/c14-8-3-11-18(16,17)15-9-6-12-4-1-2-5-13(12)7-10-15/h1-2,4-5H,3,6-11,14H2. The number of rotatable bonds is 4. The van der Waals surface area contributed by atoms with Crippen LogP contribution in [-0.2, 0) is 22.9 Å². The Bertz CT molecular complexity index is 472. The van der Waals surface area contributed by atoms with Gasteiger partial charge in [-0.25, -0.2) is 12.7 Å². The van der Waals surface area contributed by atoms with Crippen molar-refractivity contribution in [3.8, 4) is 0 Å². The molecule has 100 valence electrons. The molecule has 1 aliphatic heterocycles. The molecular formula is C13H20N2O2S. The summed E-state index contributed by atoms with van der Waals surface area (Å²) in [5.41, 5.74) is 7.93. The molecule has 0 fully saturated rings. The van der Waals surface area contributed by atoms with Gasteiger partial charge < -0.3 is 5.73 Å². The lowest BCUT2D eigenvalue weighted by atomic mass is 10.0. The highest BCUT2D eigenvalue weighted by Crippen LogP contribution is 2.17. The van der Waals surface area contributed by atoms with Crippen LogP contribution in [0.5, 0.6) is 0 Å². The van der Waals surface area contributed by atoms with E-state index in [4.69, 9.17) is 5.73 Å². The monoisotopic (exact) mass is 268 g/mol. The van der Waals surface area contributed by atoms with Crippen LogP contribution < -0.4 is 5.73 Å². The predicted octanol–water partition coefficient (Wildman–Crippen LogP) is 0.766. The summed E-state index contributed by atoms with van der Waals surface area (Å²) >= 11 is 0. The average molecular weight is 268 g/mol. The fourth-order valence-corrected chi connectivity index (χ4v) is 3.85. The normalized spacial score (nSPS) is 17.2. The maximum atomic E-state index is 12.1. The van der Waals surface area contributed by atoms with Gasteiger partial charge >= 0.3 is 0 Å². The maximum Gasteiger partial charge on any atom is 0.214 e. The number of sulfonamides is 1. The predicted molar refractivity (Wildman–Crippen MR) is 72.9 cm³/mol. The van der Waals surface area contributed by atoms with E-state index in [1.807, 2.05) is 12.1 Å². The van der Waals surface area contributed by atoms with E-state index < -0.39 is 10.0 Å². The molecule has 5 heteroatoms.